The van der Waals surface area contributed by atoms with Crippen LogP contribution in [0.1, 0.15) is 5.56 Å². The van der Waals surface area contributed by atoms with Gasteiger partial charge in [-0.1, -0.05) is 84.5 Å². The molecule has 0 saturated heterocycles. The molecule has 1 aromatic carbocycles. The topological polar surface area (TPSA) is 23.8 Å². The number of hydrogen-bond donors (Lipinski definition) is 0. The maximum absolute atomic E-state index is 9.47. The van der Waals surface area contributed by atoms with E-state index in [4.69, 9.17) is 59.2 Å². The number of rotatable bonds is 5. The quantitative estimate of drug-likeness (QED) is 0.367. The molecule has 0 unspecified atom stereocenters. The largest absolute Gasteiger partial charge is 0.192 e. The van der Waals surface area contributed by atoms with E-state index in [0.717, 1.165) is 0 Å². The van der Waals surface area contributed by atoms with E-state index in [9.17, 15) is 5.26 Å². The fourth-order valence-corrected chi connectivity index (χ4v) is 2.27. The number of nitrogens with zero attached hydrogens (tertiary/aromatic N) is 1. The Morgan fingerprint density at radius 1 is 1.00 bits per heavy atom. The minimum Gasteiger partial charge on any atom is -0.192 e. The molecule has 1 rings (SSSR count). The maximum atomic E-state index is 9.47. The van der Waals surface area contributed by atoms with Gasteiger partial charge in [0.05, 0.1) is 25.4 Å². The first-order valence-corrected chi connectivity index (χ1v) is 7.43. The van der Waals surface area contributed by atoms with Crippen molar-refractivity contribution in [1.82, 2.24) is 0 Å². The summed E-state index contributed by atoms with van der Waals surface area (Å²) in [6, 6.07) is 8.74. The molecular weight excluding hydrogens is 365 g/mol. The number of nitriles is 1. The fraction of sp³-hybridized carbons (Fsp3) is 0. The number of benzene rings is 1. The Labute approximate surface area is 149 Å². The van der Waals surface area contributed by atoms with Crippen LogP contribution in [0.25, 0.3) is 5.57 Å². The van der Waals surface area contributed by atoms with Gasteiger partial charge >= 0.3 is 0 Å². The van der Waals surface area contributed by atoms with Crippen LogP contribution < -0.4 is 0 Å². The lowest BCUT2D eigenvalue weighted by molar-refractivity contribution is 1.52. The molecule has 21 heavy (non-hydrogen) atoms. The van der Waals surface area contributed by atoms with Crippen LogP contribution in [0.5, 0.6) is 0 Å². The van der Waals surface area contributed by atoms with Crippen LogP contribution >= 0.6 is 59.2 Å². The van der Waals surface area contributed by atoms with Crippen LogP contribution in [-0.2, 0) is 0 Å². The van der Waals surface area contributed by atoms with Crippen LogP contribution in [0.3, 0.4) is 0 Å². The van der Waals surface area contributed by atoms with Gasteiger partial charge in [-0.25, -0.2) is 0 Å². The van der Waals surface area contributed by atoms with E-state index < -0.39 is 0 Å². The summed E-state index contributed by atoms with van der Waals surface area (Å²) in [6.45, 7) is 7.14. The highest BCUT2D eigenvalue weighted by molar-refractivity contribution is 7.83. The highest BCUT2D eigenvalue weighted by Crippen LogP contribution is 2.27. The number of allylic oxidation sites excluding steroid dienone is 4. The van der Waals surface area contributed by atoms with Crippen LogP contribution in [-0.4, -0.2) is 9.73 Å². The maximum Gasteiger partial charge on any atom is 0.100 e. The van der Waals surface area contributed by atoms with Gasteiger partial charge in [-0.3, -0.25) is 0 Å². The van der Waals surface area contributed by atoms with Gasteiger partial charge in [0.25, 0.3) is 0 Å². The summed E-state index contributed by atoms with van der Waals surface area (Å²) in [6.07, 6.45) is 0. The van der Waals surface area contributed by atoms with Gasteiger partial charge in [0, 0.05) is 10.6 Å². The zero-order valence-electron chi connectivity index (χ0n) is 10.6. The molecule has 1 aromatic rings. The van der Waals surface area contributed by atoms with Crippen molar-refractivity contribution in [3.8, 4) is 6.07 Å². The first-order valence-electron chi connectivity index (χ1n) is 5.48. The van der Waals surface area contributed by atoms with E-state index in [1.165, 1.54) is 0 Å². The van der Waals surface area contributed by atoms with E-state index in [1.807, 2.05) is 0 Å². The minimum absolute atomic E-state index is 0.0991. The van der Waals surface area contributed by atoms with Gasteiger partial charge in [-0.2, -0.15) is 5.26 Å². The van der Waals surface area contributed by atoms with Crippen molar-refractivity contribution in [1.29, 1.82) is 5.26 Å². The third-order valence-electron chi connectivity index (χ3n) is 2.44. The summed E-state index contributed by atoms with van der Waals surface area (Å²) < 4.78 is 0. The number of thiocarbonyl (C=S) groups is 2. The molecule has 0 heterocycles. The molecule has 0 fully saturated rings. The fourth-order valence-electron chi connectivity index (χ4n) is 1.48. The SMILES string of the molecule is C=C(Cl)C(=S)C(C(=S)C(=C)Cl)=C(C#N)c1ccc(Cl)cc1. The minimum atomic E-state index is 0.0991. The van der Waals surface area contributed by atoms with Crippen molar-refractivity contribution in [3.63, 3.8) is 0 Å². The average molecular weight is 373 g/mol. The second-order valence-electron chi connectivity index (χ2n) is 3.84. The van der Waals surface area contributed by atoms with Gasteiger partial charge in [-0.05, 0) is 17.7 Å². The predicted molar refractivity (Wildman–Crippen MR) is 99.2 cm³/mol. The van der Waals surface area contributed by atoms with Crippen LogP contribution in [0.15, 0.2) is 53.1 Å². The molecule has 0 atom stereocenters. The summed E-state index contributed by atoms with van der Waals surface area (Å²) in [5.41, 5.74) is 1.10. The zero-order valence-corrected chi connectivity index (χ0v) is 14.5. The molecule has 0 aliphatic rings. The van der Waals surface area contributed by atoms with Crippen molar-refractivity contribution in [2.24, 2.45) is 0 Å². The van der Waals surface area contributed by atoms with E-state index in [2.05, 4.69) is 19.2 Å². The normalized spacial score (nSPS) is 9.43. The molecule has 1 nitrogen and oxygen atoms in total. The summed E-state index contributed by atoms with van der Waals surface area (Å²) in [7, 11) is 0. The zero-order chi connectivity index (χ0) is 16.2. The molecule has 0 bridgehead atoms. The summed E-state index contributed by atoms with van der Waals surface area (Å²) in [5, 5.41) is 10.2. The smallest absolute Gasteiger partial charge is 0.100 e. The Bertz CT molecular complexity index is 681. The first-order chi connectivity index (χ1) is 9.79. The van der Waals surface area contributed by atoms with Crippen LogP contribution in [0.2, 0.25) is 5.02 Å². The highest BCUT2D eigenvalue weighted by atomic mass is 35.5. The Morgan fingerprint density at radius 2 is 1.43 bits per heavy atom. The third-order valence-corrected chi connectivity index (χ3v) is 4.20. The predicted octanol–water partition coefficient (Wildman–Crippen LogP) is 5.86. The van der Waals surface area contributed by atoms with Gasteiger partial charge in [0.15, 0.2) is 0 Å². The Morgan fingerprint density at radius 3 is 1.76 bits per heavy atom. The van der Waals surface area contributed by atoms with Crippen molar-refractivity contribution >= 4 is 74.5 Å². The Hall–Kier alpha value is -1.02. The van der Waals surface area contributed by atoms with E-state index in [1.54, 1.807) is 24.3 Å². The van der Waals surface area contributed by atoms with E-state index >= 15 is 0 Å². The molecule has 0 aliphatic heterocycles. The molecule has 0 aliphatic carbocycles. The van der Waals surface area contributed by atoms with Crippen molar-refractivity contribution in [3.05, 3.63) is 63.6 Å². The molecule has 0 aromatic heterocycles. The Balaban J connectivity index is 3.64. The monoisotopic (exact) mass is 371 g/mol. The lowest BCUT2D eigenvalue weighted by atomic mass is 9.96. The van der Waals surface area contributed by atoms with E-state index in [0.29, 0.717) is 10.6 Å². The Kier molecular flexibility index (Phi) is 6.73. The van der Waals surface area contributed by atoms with Gasteiger partial charge in [-0.15, -0.1) is 0 Å². The number of hydrogen-bond acceptors (Lipinski definition) is 3. The summed E-state index contributed by atoms with van der Waals surface area (Å²) in [5.74, 6) is 0. The lowest BCUT2D eigenvalue weighted by Gasteiger charge is -2.12. The summed E-state index contributed by atoms with van der Waals surface area (Å²) in [4.78, 5) is 0.324. The molecule has 0 saturated carbocycles. The number of halogens is 3. The lowest BCUT2D eigenvalue weighted by Crippen LogP contribution is -2.12. The second kappa shape index (κ2) is 7.84. The molecule has 6 heteroatoms. The van der Waals surface area contributed by atoms with E-state index in [-0.39, 0.29) is 30.9 Å². The molecule has 0 N–H and O–H groups in total. The van der Waals surface area contributed by atoms with Gasteiger partial charge < -0.3 is 0 Å². The molecule has 0 radical (unpaired) electrons. The first kappa shape index (κ1) is 18.0. The van der Waals surface area contributed by atoms with Crippen LogP contribution in [0.4, 0.5) is 0 Å². The van der Waals surface area contributed by atoms with Crippen LogP contribution in [0, 0.1) is 11.3 Å². The summed E-state index contributed by atoms with van der Waals surface area (Å²) >= 11 is 28.0. The van der Waals surface area contributed by atoms with Crippen molar-refractivity contribution < 1.29 is 0 Å². The molecule has 106 valence electrons. The highest BCUT2D eigenvalue weighted by Gasteiger charge is 2.20. The van der Waals surface area contributed by atoms with Gasteiger partial charge in [0.2, 0.25) is 0 Å². The average Bonchev–Trinajstić information content (AvgIpc) is 2.44. The van der Waals surface area contributed by atoms with Gasteiger partial charge in [0.1, 0.15) is 6.07 Å². The molecular formula is C15H8Cl3NS2. The standard InChI is InChI=1S/C15H8Cl3NS2/c1-8(16)14(20)13(15(21)9(2)17)12(7-19)10-3-5-11(18)6-4-10/h3-6H,1-2H2. The second-order valence-corrected chi connectivity index (χ2v) is 6.00. The van der Waals surface area contributed by atoms with Crippen molar-refractivity contribution in [2.75, 3.05) is 0 Å². The molecule has 0 amide bonds. The molecule has 0 spiro atoms. The van der Waals surface area contributed by atoms with Crippen molar-refractivity contribution in [2.45, 2.75) is 0 Å². The third kappa shape index (κ3) is 4.47.